The number of hydrogen-bond acceptors (Lipinski definition) is 4. The third kappa shape index (κ3) is 3.21. The van der Waals surface area contributed by atoms with Gasteiger partial charge in [0, 0.05) is 55.9 Å². The number of nitrogens with one attached hydrogen (secondary N) is 1. The molecule has 2 aliphatic rings. The van der Waals surface area contributed by atoms with Crippen LogP contribution in [0.3, 0.4) is 0 Å². The zero-order valence-corrected chi connectivity index (χ0v) is 12.6. The number of rotatable bonds is 2. The van der Waals surface area contributed by atoms with Crippen LogP contribution in [0.25, 0.3) is 0 Å². The fourth-order valence-corrected chi connectivity index (χ4v) is 3.18. The Bertz CT molecular complexity index is 500. The Kier molecular flexibility index (Phi) is 4.45. The quantitative estimate of drug-likeness (QED) is 0.832. The summed E-state index contributed by atoms with van der Waals surface area (Å²) in [6, 6.07) is 7.19. The normalized spacial score (nSPS) is 27.0. The molecule has 2 N–H and O–H groups in total. The molecule has 2 fully saturated rings. The van der Waals surface area contributed by atoms with Gasteiger partial charge in [0.05, 0.1) is 6.10 Å². The van der Waals surface area contributed by atoms with E-state index in [-0.39, 0.29) is 18.1 Å². The van der Waals surface area contributed by atoms with Gasteiger partial charge in [-0.2, -0.15) is 0 Å². The summed E-state index contributed by atoms with van der Waals surface area (Å²) in [5.41, 5.74) is 0.676. The Labute approximate surface area is 129 Å². The monoisotopic (exact) mass is 309 g/mol. The van der Waals surface area contributed by atoms with E-state index < -0.39 is 0 Å². The van der Waals surface area contributed by atoms with Gasteiger partial charge in [0.1, 0.15) is 0 Å². The summed E-state index contributed by atoms with van der Waals surface area (Å²) < 4.78 is 0. The van der Waals surface area contributed by atoms with Crippen LogP contribution < -0.4 is 5.32 Å². The Hall–Kier alpha value is -1.14. The molecule has 2 heterocycles. The van der Waals surface area contributed by atoms with Gasteiger partial charge in [0.25, 0.3) is 5.91 Å². The number of β-amino-alcohol motifs (C(OH)–C–C–N with tert-alkyl or cyclic N) is 1. The summed E-state index contributed by atoms with van der Waals surface area (Å²) in [6.45, 7) is 4.50. The lowest BCUT2D eigenvalue weighted by Crippen LogP contribution is -2.54. The van der Waals surface area contributed by atoms with Crippen molar-refractivity contribution in [2.75, 3.05) is 39.3 Å². The lowest BCUT2D eigenvalue weighted by atomic mass is 10.1. The Morgan fingerprint density at radius 2 is 1.81 bits per heavy atom. The molecule has 6 heteroatoms. The third-order valence-corrected chi connectivity index (χ3v) is 4.56. The standard InChI is InChI=1S/C15H20ClN3O2/c16-12-3-1-11(2-4-12)15(21)19-7-5-18(6-8-19)13-9-17-10-14(13)20/h1-4,13-14,17,20H,5-10H2/t13?,14-/m0/s1. The number of carbonyl (C=O) groups excluding carboxylic acids is 1. The molecule has 3 rings (SSSR count). The van der Waals surface area contributed by atoms with Gasteiger partial charge in [-0.05, 0) is 24.3 Å². The summed E-state index contributed by atoms with van der Waals surface area (Å²) in [5, 5.41) is 13.8. The molecular weight excluding hydrogens is 290 g/mol. The molecule has 5 nitrogen and oxygen atoms in total. The van der Waals surface area contributed by atoms with Crippen molar-refractivity contribution in [3.63, 3.8) is 0 Å². The van der Waals surface area contributed by atoms with E-state index in [9.17, 15) is 9.90 Å². The minimum atomic E-state index is -0.302. The molecule has 0 saturated carbocycles. The summed E-state index contributed by atoms with van der Waals surface area (Å²) in [7, 11) is 0. The highest BCUT2D eigenvalue weighted by Gasteiger charge is 2.33. The largest absolute Gasteiger partial charge is 0.390 e. The molecule has 21 heavy (non-hydrogen) atoms. The van der Waals surface area contributed by atoms with Crippen molar-refractivity contribution in [1.29, 1.82) is 0 Å². The van der Waals surface area contributed by atoms with Crippen molar-refractivity contribution in [3.8, 4) is 0 Å². The number of nitrogens with zero attached hydrogens (tertiary/aromatic N) is 2. The van der Waals surface area contributed by atoms with Crippen LogP contribution in [0.2, 0.25) is 5.02 Å². The third-order valence-electron chi connectivity index (χ3n) is 4.31. The van der Waals surface area contributed by atoms with Crippen LogP contribution in [0.4, 0.5) is 0 Å². The number of aliphatic hydroxyl groups excluding tert-OH is 1. The fraction of sp³-hybridized carbons (Fsp3) is 0.533. The maximum atomic E-state index is 12.4. The molecule has 2 saturated heterocycles. The second kappa shape index (κ2) is 6.32. The van der Waals surface area contributed by atoms with Crippen LogP contribution in [-0.2, 0) is 0 Å². The van der Waals surface area contributed by atoms with Gasteiger partial charge in [-0.15, -0.1) is 0 Å². The zero-order valence-electron chi connectivity index (χ0n) is 11.8. The van der Waals surface area contributed by atoms with Crippen molar-refractivity contribution in [1.82, 2.24) is 15.1 Å². The highest BCUT2D eigenvalue weighted by molar-refractivity contribution is 6.30. The first-order valence-corrected chi connectivity index (χ1v) is 7.70. The summed E-state index contributed by atoms with van der Waals surface area (Å²) in [5.74, 6) is 0.0522. The lowest BCUT2D eigenvalue weighted by molar-refractivity contribution is 0.0376. The molecule has 0 bridgehead atoms. The highest BCUT2D eigenvalue weighted by Crippen LogP contribution is 2.16. The molecular formula is C15H20ClN3O2. The van der Waals surface area contributed by atoms with Gasteiger partial charge in [-0.3, -0.25) is 9.69 Å². The SMILES string of the molecule is O=C(c1ccc(Cl)cc1)N1CCN(C2CNC[C@@H]2O)CC1. The van der Waals surface area contributed by atoms with E-state index in [0.29, 0.717) is 30.2 Å². The number of carbonyl (C=O) groups is 1. The molecule has 114 valence electrons. The molecule has 1 amide bonds. The minimum absolute atomic E-state index is 0.0522. The predicted octanol–water partition coefficient (Wildman–Crippen LogP) is 0.430. The van der Waals surface area contributed by atoms with Gasteiger partial charge < -0.3 is 15.3 Å². The van der Waals surface area contributed by atoms with Gasteiger partial charge in [-0.25, -0.2) is 0 Å². The summed E-state index contributed by atoms with van der Waals surface area (Å²) >= 11 is 5.85. The maximum Gasteiger partial charge on any atom is 0.253 e. The van der Waals surface area contributed by atoms with Crippen LogP contribution in [0.5, 0.6) is 0 Å². The lowest BCUT2D eigenvalue weighted by Gasteiger charge is -2.38. The average Bonchev–Trinajstić information content (AvgIpc) is 2.94. The van der Waals surface area contributed by atoms with Gasteiger partial charge >= 0.3 is 0 Å². The molecule has 1 unspecified atom stereocenters. The van der Waals surface area contributed by atoms with Crippen molar-refractivity contribution in [2.45, 2.75) is 12.1 Å². The van der Waals surface area contributed by atoms with Crippen LogP contribution in [-0.4, -0.2) is 72.2 Å². The van der Waals surface area contributed by atoms with Crippen molar-refractivity contribution < 1.29 is 9.90 Å². The Balaban J connectivity index is 1.58. The van der Waals surface area contributed by atoms with Crippen molar-refractivity contribution >= 4 is 17.5 Å². The van der Waals surface area contributed by atoms with Gasteiger partial charge in [-0.1, -0.05) is 11.6 Å². The Morgan fingerprint density at radius 1 is 1.14 bits per heavy atom. The second-order valence-corrected chi connectivity index (χ2v) is 6.06. The first kappa shape index (κ1) is 14.8. The molecule has 0 aromatic heterocycles. The zero-order chi connectivity index (χ0) is 14.8. The van der Waals surface area contributed by atoms with E-state index in [1.807, 2.05) is 4.90 Å². The first-order valence-electron chi connectivity index (χ1n) is 7.33. The molecule has 0 spiro atoms. The fourth-order valence-electron chi connectivity index (χ4n) is 3.06. The average molecular weight is 310 g/mol. The molecule has 2 atom stereocenters. The van der Waals surface area contributed by atoms with Crippen LogP contribution in [0, 0.1) is 0 Å². The summed E-state index contributed by atoms with van der Waals surface area (Å²) in [6.07, 6.45) is -0.302. The number of benzene rings is 1. The predicted molar refractivity (Wildman–Crippen MR) is 81.6 cm³/mol. The molecule has 1 aromatic carbocycles. The van der Waals surface area contributed by atoms with Gasteiger partial charge in [0.2, 0.25) is 0 Å². The van der Waals surface area contributed by atoms with Crippen LogP contribution in [0.1, 0.15) is 10.4 Å². The first-order chi connectivity index (χ1) is 10.1. The van der Waals surface area contributed by atoms with E-state index >= 15 is 0 Å². The topological polar surface area (TPSA) is 55.8 Å². The number of piperazine rings is 1. The molecule has 1 aromatic rings. The number of aliphatic hydroxyl groups is 1. The van der Waals surface area contributed by atoms with E-state index in [1.54, 1.807) is 24.3 Å². The van der Waals surface area contributed by atoms with E-state index in [1.165, 1.54) is 0 Å². The number of hydrogen-bond donors (Lipinski definition) is 2. The smallest absolute Gasteiger partial charge is 0.253 e. The van der Waals surface area contributed by atoms with E-state index in [0.717, 1.165) is 19.6 Å². The van der Waals surface area contributed by atoms with Crippen LogP contribution in [0.15, 0.2) is 24.3 Å². The number of halogens is 1. The minimum Gasteiger partial charge on any atom is -0.390 e. The van der Waals surface area contributed by atoms with E-state index in [4.69, 9.17) is 11.6 Å². The van der Waals surface area contributed by atoms with Crippen molar-refractivity contribution in [2.24, 2.45) is 0 Å². The Morgan fingerprint density at radius 3 is 2.38 bits per heavy atom. The highest BCUT2D eigenvalue weighted by atomic mass is 35.5. The van der Waals surface area contributed by atoms with Gasteiger partial charge in [0.15, 0.2) is 0 Å². The molecule has 0 radical (unpaired) electrons. The summed E-state index contributed by atoms with van der Waals surface area (Å²) in [4.78, 5) is 16.5. The maximum absolute atomic E-state index is 12.4. The van der Waals surface area contributed by atoms with E-state index in [2.05, 4.69) is 10.2 Å². The van der Waals surface area contributed by atoms with Crippen molar-refractivity contribution in [3.05, 3.63) is 34.9 Å². The molecule has 0 aliphatic carbocycles. The molecule has 2 aliphatic heterocycles. The number of amides is 1. The van der Waals surface area contributed by atoms with Crippen LogP contribution >= 0.6 is 11.6 Å². The second-order valence-electron chi connectivity index (χ2n) is 5.63.